The minimum Gasteiger partial charge on any atom is -0.487 e. The van der Waals surface area contributed by atoms with Crippen molar-refractivity contribution >= 4 is 17.4 Å². The number of halogens is 1. The number of ether oxygens (including phenoxy) is 1. The largest absolute Gasteiger partial charge is 0.487 e. The lowest BCUT2D eigenvalue weighted by Crippen LogP contribution is -2.03. The average molecular weight is 277 g/mol. The van der Waals surface area contributed by atoms with Crippen LogP contribution in [0.15, 0.2) is 36.4 Å². The second-order valence-corrected chi connectivity index (χ2v) is 4.68. The summed E-state index contributed by atoms with van der Waals surface area (Å²) in [7, 11) is 0. The van der Waals surface area contributed by atoms with E-state index in [1.807, 2.05) is 50.2 Å². The Morgan fingerprint density at radius 1 is 1.26 bits per heavy atom. The number of anilines is 1. The van der Waals surface area contributed by atoms with Crippen LogP contribution >= 0.6 is 11.6 Å². The smallest absolute Gasteiger partial charge is 0.130 e. The molecule has 0 aliphatic rings. The monoisotopic (exact) mass is 276 g/mol. The van der Waals surface area contributed by atoms with Gasteiger partial charge in [-0.05, 0) is 49.7 Å². The molecule has 3 nitrogen and oxygen atoms in total. The van der Waals surface area contributed by atoms with Crippen molar-refractivity contribution in [1.29, 1.82) is 0 Å². The fourth-order valence-corrected chi connectivity index (χ4v) is 1.99. The minimum atomic E-state index is 0.446. The van der Waals surface area contributed by atoms with Crippen LogP contribution < -0.4 is 10.1 Å². The lowest BCUT2D eigenvalue weighted by atomic mass is 10.2. The van der Waals surface area contributed by atoms with Gasteiger partial charge in [-0.1, -0.05) is 17.7 Å². The Bertz CT molecular complexity index is 558. The highest BCUT2D eigenvalue weighted by molar-refractivity contribution is 6.30. The van der Waals surface area contributed by atoms with Crippen molar-refractivity contribution in [3.05, 3.63) is 52.7 Å². The molecule has 0 unspecified atom stereocenters. The van der Waals surface area contributed by atoms with Gasteiger partial charge in [-0.2, -0.15) is 0 Å². The van der Waals surface area contributed by atoms with Crippen molar-refractivity contribution in [3.8, 4) is 5.75 Å². The Balaban J connectivity index is 2.03. The Kier molecular flexibility index (Phi) is 4.63. The number of benzene rings is 1. The zero-order valence-corrected chi connectivity index (χ0v) is 11.9. The first-order valence-corrected chi connectivity index (χ1v) is 6.65. The summed E-state index contributed by atoms with van der Waals surface area (Å²) < 4.78 is 5.76. The highest BCUT2D eigenvalue weighted by Gasteiger charge is 2.02. The molecule has 0 spiro atoms. The highest BCUT2D eigenvalue weighted by Crippen LogP contribution is 2.22. The van der Waals surface area contributed by atoms with Crippen molar-refractivity contribution in [1.82, 2.24) is 4.98 Å². The molecule has 2 rings (SSSR count). The summed E-state index contributed by atoms with van der Waals surface area (Å²) in [6.45, 7) is 5.32. The summed E-state index contributed by atoms with van der Waals surface area (Å²) in [6, 6.07) is 11.5. The number of hydrogen-bond donors (Lipinski definition) is 1. The van der Waals surface area contributed by atoms with Crippen LogP contribution in [0.1, 0.15) is 18.2 Å². The van der Waals surface area contributed by atoms with Crippen LogP contribution in [0.2, 0.25) is 5.02 Å². The molecule has 0 bridgehead atoms. The van der Waals surface area contributed by atoms with E-state index in [1.54, 1.807) is 0 Å². The second kappa shape index (κ2) is 6.43. The van der Waals surface area contributed by atoms with E-state index in [4.69, 9.17) is 16.3 Å². The number of rotatable bonds is 5. The van der Waals surface area contributed by atoms with Crippen molar-refractivity contribution < 1.29 is 4.74 Å². The molecule has 0 amide bonds. The van der Waals surface area contributed by atoms with E-state index in [-0.39, 0.29) is 0 Å². The molecule has 19 heavy (non-hydrogen) atoms. The van der Waals surface area contributed by atoms with Crippen LogP contribution in [-0.4, -0.2) is 11.5 Å². The maximum absolute atomic E-state index is 5.91. The van der Waals surface area contributed by atoms with Gasteiger partial charge in [0.25, 0.3) is 0 Å². The summed E-state index contributed by atoms with van der Waals surface area (Å²) in [4.78, 5) is 4.46. The summed E-state index contributed by atoms with van der Waals surface area (Å²) in [6.07, 6.45) is 0. The van der Waals surface area contributed by atoms with Gasteiger partial charge in [0.05, 0.1) is 5.69 Å². The van der Waals surface area contributed by atoms with E-state index in [9.17, 15) is 0 Å². The lowest BCUT2D eigenvalue weighted by molar-refractivity contribution is 0.299. The van der Waals surface area contributed by atoms with Crippen LogP contribution in [0.4, 0.5) is 5.82 Å². The van der Waals surface area contributed by atoms with E-state index in [2.05, 4.69) is 10.3 Å². The van der Waals surface area contributed by atoms with E-state index in [1.165, 1.54) is 0 Å². The van der Waals surface area contributed by atoms with Crippen molar-refractivity contribution in [3.63, 3.8) is 0 Å². The number of aryl methyl sites for hydroxylation is 1. The predicted octanol–water partition coefficient (Wildman–Crippen LogP) is 4.05. The minimum absolute atomic E-state index is 0.446. The summed E-state index contributed by atoms with van der Waals surface area (Å²) in [5, 5.41) is 3.90. The first kappa shape index (κ1) is 13.7. The van der Waals surface area contributed by atoms with Gasteiger partial charge in [0.15, 0.2) is 0 Å². The van der Waals surface area contributed by atoms with Crippen LogP contribution in [0, 0.1) is 6.92 Å². The molecule has 0 saturated carbocycles. The molecule has 0 radical (unpaired) electrons. The van der Waals surface area contributed by atoms with Gasteiger partial charge in [0.2, 0.25) is 0 Å². The molecule has 1 heterocycles. The average Bonchev–Trinajstić information content (AvgIpc) is 2.38. The third kappa shape index (κ3) is 3.86. The molecule has 0 aliphatic carbocycles. The first-order chi connectivity index (χ1) is 9.19. The fourth-order valence-electron chi connectivity index (χ4n) is 1.77. The Hall–Kier alpha value is -1.74. The molecule has 0 aliphatic heterocycles. The van der Waals surface area contributed by atoms with Gasteiger partial charge in [0.1, 0.15) is 18.2 Å². The summed E-state index contributed by atoms with van der Waals surface area (Å²) in [5.41, 5.74) is 1.92. The van der Waals surface area contributed by atoms with E-state index in [0.29, 0.717) is 6.61 Å². The molecule has 1 aromatic heterocycles. The number of nitrogens with zero attached hydrogens (tertiary/aromatic N) is 1. The number of aromatic nitrogens is 1. The fraction of sp³-hybridized carbons (Fsp3) is 0.267. The molecule has 100 valence electrons. The molecule has 0 atom stereocenters. The van der Waals surface area contributed by atoms with E-state index in [0.717, 1.165) is 34.4 Å². The van der Waals surface area contributed by atoms with Crippen molar-refractivity contribution in [2.45, 2.75) is 20.5 Å². The first-order valence-electron chi connectivity index (χ1n) is 6.28. The van der Waals surface area contributed by atoms with Crippen molar-refractivity contribution in [2.24, 2.45) is 0 Å². The molecule has 1 aromatic carbocycles. The number of hydrogen-bond acceptors (Lipinski definition) is 3. The SMILES string of the molecule is CCNc1cccc(COc2ccc(Cl)cc2C)n1. The standard InChI is InChI=1S/C15H17ClN2O/c1-3-17-15-6-4-5-13(18-15)10-19-14-8-7-12(16)9-11(14)2/h4-9H,3,10H2,1-2H3,(H,17,18). The maximum Gasteiger partial charge on any atom is 0.130 e. The zero-order chi connectivity index (χ0) is 13.7. The van der Waals surface area contributed by atoms with Crippen LogP contribution in [0.25, 0.3) is 0 Å². The number of nitrogens with one attached hydrogen (secondary N) is 1. The molecule has 0 fully saturated rings. The second-order valence-electron chi connectivity index (χ2n) is 4.24. The molecule has 0 saturated heterocycles. The lowest BCUT2D eigenvalue weighted by Gasteiger charge is -2.10. The molecular formula is C15H17ClN2O. The van der Waals surface area contributed by atoms with Crippen LogP contribution in [-0.2, 0) is 6.61 Å². The third-order valence-corrected chi connectivity index (χ3v) is 2.91. The normalized spacial score (nSPS) is 10.3. The molecule has 4 heteroatoms. The van der Waals surface area contributed by atoms with E-state index < -0.39 is 0 Å². The highest BCUT2D eigenvalue weighted by atomic mass is 35.5. The maximum atomic E-state index is 5.91. The quantitative estimate of drug-likeness (QED) is 0.894. The van der Waals surface area contributed by atoms with Crippen LogP contribution in [0.5, 0.6) is 5.75 Å². The van der Waals surface area contributed by atoms with Crippen LogP contribution in [0.3, 0.4) is 0 Å². The van der Waals surface area contributed by atoms with Gasteiger partial charge in [-0.3, -0.25) is 0 Å². The molecular weight excluding hydrogens is 260 g/mol. The summed E-state index contributed by atoms with van der Waals surface area (Å²) >= 11 is 5.91. The third-order valence-electron chi connectivity index (χ3n) is 2.68. The van der Waals surface area contributed by atoms with E-state index >= 15 is 0 Å². The van der Waals surface area contributed by atoms with Gasteiger partial charge in [-0.15, -0.1) is 0 Å². The zero-order valence-electron chi connectivity index (χ0n) is 11.1. The topological polar surface area (TPSA) is 34.1 Å². The Morgan fingerprint density at radius 2 is 2.11 bits per heavy atom. The Morgan fingerprint density at radius 3 is 2.84 bits per heavy atom. The predicted molar refractivity (Wildman–Crippen MR) is 78.9 cm³/mol. The molecule has 1 N–H and O–H groups in total. The number of pyridine rings is 1. The van der Waals surface area contributed by atoms with Gasteiger partial charge >= 0.3 is 0 Å². The summed E-state index contributed by atoms with van der Waals surface area (Å²) in [5.74, 6) is 1.71. The van der Waals surface area contributed by atoms with Gasteiger partial charge < -0.3 is 10.1 Å². The van der Waals surface area contributed by atoms with Crippen molar-refractivity contribution in [2.75, 3.05) is 11.9 Å². The molecule has 2 aromatic rings. The Labute approximate surface area is 118 Å². The van der Waals surface area contributed by atoms with Gasteiger partial charge in [0, 0.05) is 11.6 Å². The van der Waals surface area contributed by atoms with Gasteiger partial charge in [-0.25, -0.2) is 4.98 Å².